The zero-order valence-electron chi connectivity index (χ0n) is 13.4. The average molecular weight is 320 g/mol. The summed E-state index contributed by atoms with van der Waals surface area (Å²) in [6.45, 7) is 2.92. The van der Waals surface area contributed by atoms with Crippen molar-refractivity contribution in [1.82, 2.24) is 9.88 Å². The van der Waals surface area contributed by atoms with Crippen LogP contribution < -0.4 is 4.74 Å². The third-order valence-electron chi connectivity index (χ3n) is 4.30. The van der Waals surface area contributed by atoms with Crippen molar-refractivity contribution in [2.24, 2.45) is 0 Å². The molecule has 2 aliphatic rings. The molecule has 0 bridgehead atoms. The van der Waals surface area contributed by atoms with Crippen molar-refractivity contribution in [3.63, 3.8) is 0 Å². The second-order valence-electron chi connectivity index (χ2n) is 6.03. The van der Waals surface area contributed by atoms with E-state index in [9.17, 15) is 4.79 Å². The molecule has 2 aliphatic heterocycles. The lowest BCUT2D eigenvalue weighted by atomic mass is 10.1. The summed E-state index contributed by atoms with van der Waals surface area (Å²) in [5, 5.41) is 0. The monoisotopic (exact) mass is 320 g/mol. The number of carbonyl (C=O) groups is 1. The summed E-state index contributed by atoms with van der Waals surface area (Å²) in [5.74, 6) is 0.898. The number of hydrogen-bond acceptors (Lipinski definition) is 5. The Balaban J connectivity index is 1.34. The molecule has 3 rings (SSSR count). The lowest BCUT2D eigenvalue weighted by Gasteiger charge is -2.32. The van der Waals surface area contributed by atoms with E-state index in [1.807, 2.05) is 17.0 Å². The zero-order chi connectivity index (χ0) is 15.9. The maximum atomic E-state index is 12.1. The van der Waals surface area contributed by atoms with Crippen LogP contribution in [0.4, 0.5) is 0 Å². The predicted octanol–water partition coefficient (Wildman–Crippen LogP) is 1.65. The van der Waals surface area contributed by atoms with Gasteiger partial charge in [-0.2, -0.15) is 0 Å². The molecule has 23 heavy (non-hydrogen) atoms. The molecule has 0 aliphatic carbocycles. The molecule has 2 saturated heterocycles. The van der Waals surface area contributed by atoms with Crippen LogP contribution in [0.2, 0.25) is 0 Å². The van der Waals surface area contributed by atoms with Gasteiger partial charge in [0.15, 0.2) is 0 Å². The molecule has 0 spiro atoms. The fourth-order valence-electron chi connectivity index (χ4n) is 2.98. The number of likely N-dealkylation sites (tertiary alicyclic amines) is 1. The van der Waals surface area contributed by atoms with Gasteiger partial charge < -0.3 is 19.1 Å². The molecule has 2 fully saturated rings. The van der Waals surface area contributed by atoms with Crippen molar-refractivity contribution in [3.8, 4) is 5.75 Å². The molecule has 0 radical (unpaired) electrons. The number of ether oxygens (including phenoxy) is 3. The maximum Gasteiger partial charge on any atom is 0.248 e. The Morgan fingerprint density at radius 3 is 2.74 bits per heavy atom. The van der Waals surface area contributed by atoms with Crippen LogP contribution in [0.3, 0.4) is 0 Å². The van der Waals surface area contributed by atoms with Gasteiger partial charge in [-0.3, -0.25) is 9.78 Å². The molecule has 126 valence electrons. The fraction of sp³-hybridized carbons (Fsp3) is 0.647. The van der Waals surface area contributed by atoms with E-state index in [0.717, 1.165) is 51.1 Å². The highest BCUT2D eigenvalue weighted by atomic mass is 16.5. The minimum Gasteiger partial charge on any atom is -0.490 e. The molecular formula is C17H24N2O4. The molecule has 0 saturated carbocycles. The van der Waals surface area contributed by atoms with Crippen LogP contribution >= 0.6 is 0 Å². The highest BCUT2D eigenvalue weighted by Crippen LogP contribution is 2.18. The fourth-order valence-corrected chi connectivity index (χ4v) is 2.98. The molecule has 1 aromatic heterocycles. The summed E-state index contributed by atoms with van der Waals surface area (Å²) in [4.78, 5) is 18.0. The van der Waals surface area contributed by atoms with E-state index in [1.54, 1.807) is 12.4 Å². The van der Waals surface area contributed by atoms with Crippen LogP contribution in [0.25, 0.3) is 0 Å². The number of carbonyl (C=O) groups excluding carboxylic acids is 1. The van der Waals surface area contributed by atoms with E-state index in [0.29, 0.717) is 6.61 Å². The van der Waals surface area contributed by atoms with Crippen molar-refractivity contribution in [2.45, 2.75) is 37.9 Å². The lowest BCUT2D eigenvalue weighted by molar-refractivity contribution is -0.139. The molecular weight excluding hydrogens is 296 g/mol. The molecule has 1 amide bonds. The van der Waals surface area contributed by atoms with Gasteiger partial charge in [0, 0.05) is 44.9 Å². The van der Waals surface area contributed by atoms with Gasteiger partial charge in [0.25, 0.3) is 0 Å². The molecule has 1 unspecified atom stereocenters. The predicted molar refractivity (Wildman–Crippen MR) is 84.3 cm³/mol. The van der Waals surface area contributed by atoms with E-state index in [2.05, 4.69) is 4.98 Å². The first kappa shape index (κ1) is 16.2. The Morgan fingerprint density at radius 2 is 2.04 bits per heavy atom. The summed E-state index contributed by atoms with van der Waals surface area (Å²) in [7, 11) is 0. The summed E-state index contributed by atoms with van der Waals surface area (Å²) in [6.07, 6.45) is 7.59. The first-order chi connectivity index (χ1) is 11.3. The summed E-state index contributed by atoms with van der Waals surface area (Å²) in [5.41, 5.74) is 0. The van der Waals surface area contributed by atoms with Gasteiger partial charge in [-0.1, -0.05) is 0 Å². The van der Waals surface area contributed by atoms with Gasteiger partial charge in [-0.25, -0.2) is 0 Å². The Bertz CT molecular complexity index is 483. The highest BCUT2D eigenvalue weighted by Gasteiger charge is 2.24. The first-order valence-electron chi connectivity index (χ1n) is 8.35. The molecule has 3 heterocycles. The van der Waals surface area contributed by atoms with Crippen molar-refractivity contribution < 1.29 is 19.0 Å². The second-order valence-corrected chi connectivity index (χ2v) is 6.03. The first-order valence-corrected chi connectivity index (χ1v) is 8.35. The quantitative estimate of drug-likeness (QED) is 0.797. The summed E-state index contributed by atoms with van der Waals surface area (Å²) >= 11 is 0. The van der Waals surface area contributed by atoms with Crippen molar-refractivity contribution >= 4 is 5.91 Å². The van der Waals surface area contributed by atoms with Gasteiger partial charge in [-0.05, 0) is 25.0 Å². The molecule has 6 heteroatoms. The molecule has 0 N–H and O–H groups in total. The Hall–Kier alpha value is -1.66. The minimum absolute atomic E-state index is 0.0605. The van der Waals surface area contributed by atoms with E-state index in [4.69, 9.17) is 14.2 Å². The van der Waals surface area contributed by atoms with Crippen LogP contribution in [0.5, 0.6) is 5.75 Å². The number of nitrogens with zero attached hydrogens (tertiary/aromatic N) is 2. The van der Waals surface area contributed by atoms with Gasteiger partial charge >= 0.3 is 0 Å². The van der Waals surface area contributed by atoms with Crippen LogP contribution in [0.1, 0.15) is 25.7 Å². The number of aromatic nitrogens is 1. The van der Waals surface area contributed by atoms with E-state index in [-0.39, 0.29) is 24.7 Å². The van der Waals surface area contributed by atoms with Crippen LogP contribution in [-0.4, -0.2) is 60.9 Å². The van der Waals surface area contributed by atoms with Crippen LogP contribution in [-0.2, 0) is 14.3 Å². The Kier molecular flexibility index (Phi) is 5.82. The number of piperidine rings is 1. The van der Waals surface area contributed by atoms with Crippen molar-refractivity contribution in [3.05, 3.63) is 24.5 Å². The Labute approximate surface area is 136 Å². The standard InChI is InChI=1S/C17H24N2O4/c20-17(13-21-12-16-2-1-11-22-16)19-9-5-15(6-10-19)23-14-3-7-18-8-4-14/h3-4,7-8,15-16H,1-2,5-6,9-13H2. The molecule has 1 atom stereocenters. The smallest absolute Gasteiger partial charge is 0.248 e. The number of pyridine rings is 1. The van der Waals surface area contributed by atoms with Gasteiger partial charge in [-0.15, -0.1) is 0 Å². The van der Waals surface area contributed by atoms with Crippen molar-refractivity contribution in [2.75, 3.05) is 32.9 Å². The SMILES string of the molecule is O=C(COCC1CCCO1)N1CCC(Oc2ccncc2)CC1. The number of rotatable bonds is 6. The maximum absolute atomic E-state index is 12.1. The van der Waals surface area contributed by atoms with Gasteiger partial charge in [0.2, 0.25) is 5.91 Å². The molecule has 0 aromatic carbocycles. The number of hydrogen-bond donors (Lipinski definition) is 0. The third-order valence-corrected chi connectivity index (χ3v) is 4.30. The topological polar surface area (TPSA) is 60.9 Å². The summed E-state index contributed by atoms with van der Waals surface area (Å²) in [6, 6.07) is 3.72. The largest absolute Gasteiger partial charge is 0.490 e. The molecule has 1 aromatic rings. The highest BCUT2D eigenvalue weighted by molar-refractivity contribution is 5.77. The zero-order valence-corrected chi connectivity index (χ0v) is 13.4. The molecule has 6 nitrogen and oxygen atoms in total. The van der Waals surface area contributed by atoms with Crippen LogP contribution in [0.15, 0.2) is 24.5 Å². The van der Waals surface area contributed by atoms with Gasteiger partial charge in [0.1, 0.15) is 18.5 Å². The third kappa shape index (κ3) is 4.91. The Morgan fingerprint density at radius 1 is 1.26 bits per heavy atom. The number of amides is 1. The van der Waals surface area contributed by atoms with Gasteiger partial charge in [0.05, 0.1) is 12.7 Å². The van der Waals surface area contributed by atoms with Crippen molar-refractivity contribution in [1.29, 1.82) is 0 Å². The summed E-state index contributed by atoms with van der Waals surface area (Å²) < 4.78 is 16.9. The minimum atomic E-state index is 0.0605. The van der Waals surface area contributed by atoms with E-state index >= 15 is 0 Å². The second kappa shape index (κ2) is 8.26. The lowest BCUT2D eigenvalue weighted by Crippen LogP contribution is -2.43. The normalized spacial score (nSPS) is 22.3. The van der Waals surface area contributed by atoms with Crippen LogP contribution in [0, 0.1) is 0 Å². The van der Waals surface area contributed by atoms with E-state index < -0.39 is 0 Å². The average Bonchev–Trinajstić information content (AvgIpc) is 3.10. The van der Waals surface area contributed by atoms with E-state index in [1.165, 1.54) is 0 Å².